The molecule has 0 heterocycles. The van der Waals surface area contributed by atoms with E-state index in [4.69, 9.17) is 15.3 Å². The van der Waals surface area contributed by atoms with Crippen LogP contribution in [0.4, 0.5) is 0 Å². The molecule has 4 N–H and O–H groups in total. The van der Waals surface area contributed by atoms with Crippen LogP contribution < -0.4 is 0 Å². The molecule has 0 bridgehead atoms. The van der Waals surface area contributed by atoms with Crippen molar-refractivity contribution >= 4 is 5.97 Å². The van der Waals surface area contributed by atoms with Crippen LogP contribution in [0.3, 0.4) is 0 Å². The van der Waals surface area contributed by atoms with E-state index in [2.05, 4.69) is 0 Å². The Morgan fingerprint density at radius 2 is 2.17 bits per heavy atom. The van der Waals surface area contributed by atoms with Crippen molar-refractivity contribution in [1.82, 2.24) is 0 Å². The summed E-state index contributed by atoms with van der Waals surface area (Å²) in [5.41, 5.74) is -2.33. The Hall–Kier alpha value is -1.33. The lowest BCUT2D eigenvalue weighted by Crippen LogP contribution is -2.48. The largest absolute Gasteiger partial charge is 0.508 e. The molecule has 0 aromatic rings. The topological polar surface area (TPSA) is 98.0 Å². The van der Waals surface area contributed by atoms with Crippen LogP contribution in [0.1, 0.15) is 0 Å². The van der Waals surface area contributed by atoms with Crippen LogP contribution in [0.25, 0.3) is 0 Å². The molecule has 0 aliphatic heterocycles. The van der Waals surface area contributed by atoms with Crippen molar-refractivity contribution in [1.29, 1.82) is 0 Å². The number of hydrogen-bond acceptors (Lipinski definition) is 4. The van der Waals surface area contributed by atoms with E-state index in [1.807, 2.05) is 0 Å². The second-order valence-corrected chi connectivity index (χ2v) is 2.50. The van der Waals surface area contributed by atoms with Gasteiger partial charge in [0.2, 0.25) is 5.60 Å². The minimum absolute atomic E-state index is 0.270. The molecule has 0 aromatic carbocycles. The van der Waals surface area contributed by atoms with Gasteiger partial charge < -0.3 is 20.4 Å². The smallest absolute Gasteiger partial charge is 0.342 e. The number of rotatable bonds is 1. The molecule has 5 heteroatoms. The van der Waals surface area contributed by atoms with Gasteiger partial charge in [0.15, 0.2) is 0 Å². The molecule has 0 saturated heterocycles. The van der Waals surface area contributed by atoms with Crippen molar-refractivity contribution in [2.24, 2.45) is 0 Å². The first-order chi connectivity index (χ1) is 5.47. The SMILES string of the molecule is O=C(O)[C@]1(O)C=CC(O)=C[C@@H]1O. The van der Waals surface area contributed by atoms with Crippen molar-refractivity contribution in [3.63, 3.8) is 0 Å². The van der Waals surface area contributed by atoms with Crippen LogP contribution in [0.15, 0.2) is 24.0 Å². The Bertz CT molecular complexity index is 267. The van der Waals surface area contributed by atoms with Crippen LogP contribution in [0, 0.1) is 0 Å². The van der Waals surface area contributed by atoms with Gasteiger partial charge in [0.25, 0.3) is 0 Å². The number of carboxylic acid groups (broad SMARTS) is 1. The van der Waals surface area contributed by atoms with E-state index < -0.39 is 17.7 Å². The fourth-order valence-electron chi connectivity index (χ4n) is 0.853. The molecule has 1 aliphatic carbocycles. The molecule has 0 aromatic heterocycles. The average molecular weight is 172 g/mol. The molecule has 2 atom stereocenters. The van der Waals surface area contributed by atoms with E-state index >= 15 is 0 Å². The first kappa shape index (κ1) is 8.76. The minimum Gasteiger partial charge on any atom is -0.508 e. The van der Waals surface area contributed by atoms with Gasteiger partial charge in [-0.2, -0.15) is 0 Å². The van der Waals surface area contributed by atoms with Gasteiger partial charge in [0.1, 0.15) is 11.9 Å². The van der Waals surface area contributed by atoms with Gasteiger partial charge in [-0.1, -0.05) is 0 Å². The number of hydrogen-bond donors (Lipinski definition) is 4. The number of carboxylic acids is 1. The summed E-state index contributed by atoms with van der Waals surface area (Å²) < 4.78 is 0. The van der Waals surface area contributed by atoms with Crippen LogP contribution in [0.2, 0.25) is 0 Å². The molecule has 0 unspecified atom stereocenters. The normalized spacial score (nSPS) is 34.5. The zero-order valence-electron chi connectivity index (χ0n) is 6.01. The lowest BCUT2D eigenvalue weighted by Gasteiger charge is -2.25. The second-order valence-electron chi connectivity index (χ2n) is 2.50. The monoisotopic (exact) mass is 172 g/mol. The summed E-state index contributed by atoms with van der Waals surface area (Å²) in [6.07, 6.45) is 1.07. The molecule has 0 saturated carbocycles. The van der Waals surface area contributed by atoms with Crippen LogP contribution in [0.5, 0.6) is 0 Å². The Morgan fingerprint density at radius 3 is 2.58 bits per heavy atom. The van der Waals surface area contributed by atoms with E-state index in [1.165, 1.54) is 0 Å². The predicted molar refractivity (Wildman–Crippen MR) is 38.4 cm³/mol. The zero-order chi connectivity index (χ0) is 9.35. The number of allylic oxidation sites excluding steroid dienone is 1. The van der Waals surface area contributed by atoms with Crippen LogP contribution in [-0.4, -0.2) is 38.1 Å². The maximum atomic E-state index is 10.4. The molecule has 5 nitrogen and oxygen atoms in total. The fraction of sp³-hybridized carbons (Fsp3) is 0.286. The van der Waals surface area contributed by atoms with E-state index in [0.717, 1.165) is 18.2 Å². The molecule has 66 valence electrons. The first-order valence-corrected chi connectivity index (χ1v) is 3.20. The molecule has 1 aliphatic rings. The molecule has 0 amide bonds. The van der Waals surface area contributed by atoms with Gasteiger partial charge in [0.05, 0.1) is 0 Å². The highest BCUT2D eigenvalue weighted by atomic mass is 16.4. The lowest BCUT2D eigenvalue weighted by atomic mass is 9.92. The van der Waals surface area contributed by atoms with Crippen molar-refractivity contribution in [2.75, 3.05) is 0 Å². The Morgan fingerprint density at radius 1 is 1.58 bits per heavy atom. The van der Waals surface area contributed by atoms with Crippen molar-refractivity contribution in [3.05, 3.63) is 24.0 Å². The van der Waals surface area contributed by atoms with E-state index in [-0.39, 0.29) is 5.76 Å². The molecular weight excluding hydrogens is 164 g/mol. The van der Waals surface area contributed by atoms with Gasteiger partial charge in [-0.25, -0.2) is 4.79 Å². The summed E-state index contributed by atoms with van der Waals surface area (Å²) in [6, 6.07) is 0. The highest BCUT2D eigenvalue weighted by Gasteiger charge is 2.42. The number of carbonyl (C=O) groups is 1. The third-order valence-corrected chi connectivity index (χ3v) is 1.63. The summed E-state index contributed by atoms with van der Waals surface area (Å²) in [7, 11) is 0. The van der Waals surface area contributed by atoms with Crippen molar-refractivity contribution < 1.29 is 25.2 Å². The van der Waals surface area contributed by atoms with E-state index in [1.54, 1.807) is 0 Å². The molecule has 12 heavy (non-hydrogen) atoms. The summed E-state index contributed by atoms with van der Waals surface area (Å²) in [4.78, 5) is 10.4. The maximum absolute atomic E-state index is 10.4. The van der Waals surface area contributed by atoms with E-state index in [0.29, 0.717) is 0 Å². The molecular formula is C7H8O5. The number of aliphatic hydroxyl groups is 3. The Kier molecular flexibility index (Phi) is 1.91. The maximum Gasteiger partial charge on any atom is 0.342 e. The Labute approximate surface area is 67.9 Å². The molecule has 0 spiro atoms. The summed E-state index contributed by atoms with van der Waals surface area (Å²) in [5, 5.41) is 35.6. The third-order valence-electron chi connectivity index (χ3n) is 1.63. The number of aliphatic hydroxyl groups excluding tert-OH is 2. The first-order valence-electron chi connectivity index (χ1n) is 3.20. The highest BCUT2D eigenvalue weighted by Crippen LogP contribution is 2.20. The standard InChI is InChI=1S/C7H8O5/c8-4-1-2-7(12,6(10)11)5(9)3-4/h1-3,5,8-9,12H,(H,10,11)/t5-,7-/m0/s1. The van der Waals surface area contributed by atoms with Gasteiger partial charge in [-0.05, 0) is 18.2 Å². The van der Waals surface area contributed by atoms with Crippen LogP contribution in [-0.2, 0) is 4.79 Å². The van der Waals surface area contributed by atoms with Gasteiger partial charge >= 0.3 is 5.97 Å². The fourth-order valence-corrected chi connectivity index (χ4v) is 0.853. The Balaban J connectivity index is 2.99. The average Bonchev–Trinajstić information content (AvgIpc) is 1.97. The van der Waals surface area contributed by atoms with Crippen molar-refractivity contribution in [2.45, 2.75) is 11.7 Å². The highest BCUT2D eigenvalue weighted by molar-refractivity contribution is 5.81. The summed E-state index contributed by atoms with van der Waals surface area (Å²) in [6.45, 7) is 0. The van der Waals surface area contributed by atoms with E-state index in [9.17, 15) is 9.90 Å². The summed E-state index contributed by atoms with van der Waals surface area (Å²) >= 11 is 0. The summed E-state index contributed by atoms with van der Waals surface area (Å²) in [5.74, 6) is -1.83. The van der Waals surface area contributed by atoms with Gasteiger partial charge in [-0.15, -0.1) is 0 Å². The zero-order valence-corrected chi connectivity index (χ0v) is 6.01. The van der Waals surface area contributed by atoms with Crippen molar-refractivity contribution in [3.8, 4) is 0 Å². The second kappa shape index (κ2) is 2.62. The molecule has 0 fully saturated rings. The van der Waals surface area contributed by atoms with Gasteiger partial charge in [0, 0.05) is 0 Å². The molecule has 1 rings (SSSR count). The van der Waals surface area contributed by atoms with Crippen LogP contribution >= 0.6 is 0 Å². The molecule has 0 radical (unpaired) electrons. The predicted octanol–water partition coefficient (Wildman–Crippen LogP) is -0.825. The number of aliphatic carboxylic acids is 1. The lowest BCUT2D eigenvalue weighted by molar-refractivity contribution is -0.160. The van der Waals surface area contributed by atoms with Gasteiger partial charge in [-0.3, -0.25) is 0 Å². The quantitative estimate of drug-likeness (QED) is 0.414. The minimum atomic E-state index is -2.33. The third kappa shape index (κ3) is 1.19.